The van der Waals surface area contributed by atoms with Gasteiger partial charge in [-0.3, -0.25) is 0 Å². The number of aliphatic hydroxyl groups excluding tert-OH is 1. The Labute approximate surface area is 213 Å². The average molecular weight is 513 g/mol. The zero-order valence-electron chi connectivity index (χ0n) is 20.7. The Kier molecular flexibility index (Phi) is 8.10. The maximum absolute atomic E-state index is 14.2. The Morgan fingerprint density at radius 2 is 1.68 bits per heavy atom. The standard InChI is InChI=1S/C30H28F4O3/c1-6-29(5,37-20(4)15-19(3)21-11-13-25(28(35)36)27(31)16-21)22-12-14-24(26(17-22)30(32,33)34)23-10-8-7-9-18(23)2/h6-17,28,35-36H,1,4H2,2-3,5H3/b19-15+. The van der Waals surface area contributed by atoms with E-state index in [0.29, 0.717) is 16.7 Å². The molecule has 0 radical (unpaired) electrons. The molecule has 0 saturated heterocycles. The summed E-state index contributed by atoms with van der Waals surface area (Å²) in [5, 5.41) is 18.4. The molecule has 194 valence electrons. The van der Waals surface area contributed by atoms with Gasteiger partial charge in [0.05, 0.1) is 5.56 Å². The summed E-state index contributed by atoms with van der Waals surface area (Å²) in [6.07, 6.45) is -3.65. The van der Waals surface area contributed by atoms with Crippen LogP contribution in [0.1, 0.15) is 48.0 Å². The fourth-order valence-corrected chi connectivity index (χ4v) is 4.02. The van der Waals surface area contributed by atoms with Gasteiger partial charge in [0, 0.05) is 5.56 Å². The average Bonchev–Trinajstić information content (AvgIpc) is 2.83. The van der Waals surface area contributed by atoms with Gasteiger partial charge in [0.25, 0.3) is 0 Å². The summed E-state index contributed by atoms with van der Waals surface area (Å²) in [6.45, 7) is 12.6. The van der Waals surface area contributed by atoms with Crippen LogP contribution in [0.5, 0.6) is 0 Å². The van der Waals surface area contributed by atoms with E-state index < -0.39 is 29.4 Å². The summed E-state index contributed by atoms with van der Waals surface area (Å²) in [5.41, 5.74) is 0.0618. The Morgan fingerprint density at radius 3 is 2.24 bits per heavy atom. The third-order valence-corrected chi connectivity index (χ3v) is 6.18. The lowest BCUT2D eigenvalue weighted by Gasteiger charge is -2.29. The Morgan fingerprint density at radius 1 is 1.00 bits per heavy atom. The van der Waals surface area contributed by atoms with E-state index in [1.54, 1.807) is 51.1 Å². The van der Waals surface area contributed by atoms with Crippen LogP contribution < -0.4 is 0 Å². The van der Waals surface area contributed by atoms with Gasteiger partial charge in [-0.25, -0.2) is 4.39 Å². The molecule has 7 heteroatoms. The molecule has 1 atom stereocenters. The molecule has 0 amide bonds. The fourth-order valence-electron chi connectivity index (χ4n) is 4.02. The quantitative estimate of drug-likeness (QED) is 0.106. The zero-order chi connectivity index (χ0) is 27.5. The van der Waals surface area contributed by atoms with Crippen molar-refractivity contribution >= 4 is 5.57 Å². The van der Waals surface area contributed by atoms with Gasteiger partial charge >= 0.3 is 6.18 Å². The van der Waals surface area contributed by atoms with Gasteiger partial charge in [0.15, 0.2) is 6.29 Å². The number of halogens is 4. The van der Waals surface area contributed by atoms with Crippen LogP contribution >= 0.6 is 0 Å². The molecule has 0 heterocycles. The number of rotatable bonds is 8. The highest BCUT2D eigenvalue weighted by molar-refractivity contribution is 5.72. The molecule has 0 bridgehead atoms. The van der Waals surface area contributed by atoms with E-state index in [0.717, 1.165) is 17.7 Å². The Bertz CT molecular complexity index is 1360. The third kappa shape index (κ3) is 6.18. The summed E-state index contributed by atoms with van der Waals surface area (Å²) < 4.78 is 62.5. The number of ether oxygens (including phenoxy) is 1. The minimum atomic E-state index is -4.61. The number of hydrogen-bond acceptors (Lipinski definition) is 3. The highest BCUT2D eigenvalue weighted by Crippen LogP contribution is 2.41. The topological polar surface area (TPSA) is 49.7 Å². The minimum absolute atomic E-state index is 0.0637. The van der Waals surface area contributed by atoms with Gasteiger partial charge < -0.3 is 14.9 Å². The van der Waals surface area contributed by atoms with Crippen molar-refractivity contribution in [3.05, 3.63) is 125 Å². The number of hydrogen-bond donors (Lipinski definition) is 2. The molecule has 3 aromatic rings. The smallest absolute Gasteiger partial charge is 0.417 e. The molecule has 3 nitrogen and oxygen atoms in total. The van der Waals surface area contributed by atoms with Crippen molar-refractivity contribution in [1.29, 1.82) is 0 Å². The van der Waals surface area contributed by atoms with Crippen LogP contribution in [0.15, 0.2) is 91.7 Å². The van der Waals surface area contributed by atoms with Crippen molar-refractivity contribution in [2.75, 3.05) is 0 Å². The second kappa shape index (κ2) is 10.7. The number of aryl methyl sites for hydroxylation is 1. The largest absolute Gasteiger partial charge is 0.479 e. The van der Waals surface area contributed by atoms with Gasteiger partial charge in [-0.15, -0.1) is 0 Å². The van der Waals surface area contributed by atoms with E-state index in [2.05, 4.69) is 13.2 Å². The first-order chi connectivity index (χ1) is 17.3. The van der Waals surface area contributed by atoms with Gasteiger partial charge in [0.2, 0.25) is 0 Å². The van der Waals surface area contributed by atoms with Crippen LogP contribution in [0.25, 0.3) is 16.7 Å². The monoisotopic (exact) mass is 512 g/mol. The normalized spacial score (nSPS) is 13.8. The van der Waals surface area contributed by atoms with Crippen LogP contribution in [-0.4, -0.2) is 10.2 Å². The molecule has 0 aliphatic heterocycles. The molecule has 2 N–H and O–H groups in total. The summed E-state index contributed by atoms with van der Waals surface area (Å²) >= 11 is 0. The minimum Gasteiger partial charge on any atom is -0.479 e. The number of benzene rings is 3. The predicted octanol–water partition coefficient (Wildman–Crippen LogP) is 7.84. The summed E-state index contributed by atoms with van der Waals surface area (Å²) in [4.78, 5) is 0. The zero-order valence-corrected chi connectivity index (χ0v) is 20.7. The first-order valence-corrected chi connectivity index (χ1v) is 11.4. The van der Waals surface area contributed by atoms with Crippen molar-refractivity contribution in [3.63, 3.8) is 0 Å². The molecule has 0 fully saturated rings. The van der Waals surface area contributed by atoms with Gasteiger partial charge in [-0.05, 0) is 78.4 Å². The second-order valence-corrected chi connectivity index (χ2v) is 8.89. The summed E-state index contributed by atoms with van der Waals surface area (Å²) in [6, 6.07) is 14.8. The fraction of sp³-hybridized carbons (Fsp3) is 0.200. The number of allylic oxidation sites excluding steroid dienone is 2. The second-order valence-electron chi connectivity index (χ2n) is 8.89. The van der Waals surface area contributed by atoms with Crippen molar-refractivity contribution in [2.24, 2.45) is 0 Å². The SMILES string of the molecule is C=CC(C)(OC(=C)/C=C(\C)c1ccc(C(O)O)c(F)c1)c1ccc(-c2ccccc2C)c(C(F)(F)F)c1. The highest BCUT2D eigenvalue weighted by Gasteiger charge is 2.36. The van der Waals surface area contributed by atoms with E-state index in [1.165, 1.54) is 30.4 Å². The van der Waals surface area contributed by atoms with Crippen molar-refractivity contribution in [2.45, 2.75) is 38.8 Å². The molecule has 0 aliphatic carbocycles. The molecular weight excluding hydrogens is 484 g/mol. The van der Waals surface area contributed by atoms with E-state index in [-0.39, 0.29) is 22.4 Å². The molecule has 1 unspecified atom stereocenters. The summed E-state index contributed by atoms with van der Waals surface area (Å²) in [7, 11) is 0. The maximum Gasteiger partial charge on any atom is 0.417 e. The van der Waals surface area contributed by atoms with E-state index in [9.17, 15) is 27.8 Å². The van der Waals surface area contributed by atoms with E-state index >= 15 is 0 Å². The number of aliphatic hydroxyl groups is 2. The van der Waals surface area contributed by atoms with E-state index in [4.69, 9.17) is 4.74 Å². The first-order valence-electron chi connectivity index (χ1n) is 11.4. The van der Waals surface area contributed by atoms with Crippen molar-refractivity contribution < 1.29 is 32.5 Å². The predicted molar refractivity (Wildman–Crippen MR) is 137 cm³/mol. The van der Waals surface area contributed by atoms with Crippen molar-refractivity contribution in [1.82, 2.24) is 0 Å². The Balaban J connectivity index is 1.96. The summed E-state index contributed by atoms with van der Waals surface area (Å²) in [5.74, 6) is -0.681. The van der Waals surface area contributed by atoms with Crippen LogP contribution in [0.4, 0.5) is 17.6 Å². The molecule has 3 rings (SSSR count). The number of alkyl halides is 3. The maximum atomic E-state index is 14.2. The highest BCUT2D eigenvalue weighted by atomic mass is 19.4. The van der Waals surface area contributed by atoms with Crippen LogP contribution in [-0.2, 0) is 16.5 Å². The molecular formula is C30H28F4O3. The molecule has 0 saturated carbocycles. The van der Waals surface area contributed by atoms with Gasteiger partial charge in [0.1, 0.15) is 17.2 Å². The first kappa shape index (κ1) is 27.9. The third-order valence-electron chi connectivity index (χ3n) is 6.18. The molecule has 0 spiro atoms. The van der Waals surface area contributed by atoms with Crippen LogP contribution in [0, 0.1) is 12.7 Å². The molecule has 0 aromatic heterocycles. The lowest BCUT2D eigenvalue weighted by Crippen LogP contribution is -2.23. The van der Waals surface area contributed by atoms with Gasteiger partial charge in [-0.1, -0.05) is 61.7 Å². The van der Waals surface area contributed by atoms with Crippen LogP contribution in [0.3, 0.4) is 0 Å². The van der Waals surface area contributed by atoms with Crippen molar-refractivity contribution in [3.8, 4) is 11.1 Å². The van der Waals surface area contributed by atoms with Gasteiger partial charge in [-0.2, -0.15) is 13.2 Å². The Hall–Kier alpha value is -3.68. The van der Waals surface area contributed by atoms with E-state index in [1.807, 2.05) is 0 Å². The molecule has 37 heavy (non-hydrogen) atoms. The van der Waals surface area contributed by atoms with Crippen LogP contribution in [0.2, 0.25) is 0 Å². The molecule has 0 aliphatic rings. The lowest BCUT2D eigenvalue weighted by atomic mass is 9.88. The lowest BCUT2D eigenvalue weighted by molar-refractivity contribution is -0.137. The molecule has 3 aromatic carbocycles.